The molecule has 1 unspecified atom stereocenters. The quantitative estimate of drug-likeness (QED) is 0.690. The number of aromatic nitrogens is 2. The zero-order valence-electron chi connectivity index (χ0n) is 15.6. The lowest BCUT2D eigenvalue weighted by Crippen LogP contribution is -2.48. The standard InChI is InChI=1S/C19H23N5O4/c1-27-15-5-3-2-4-13(15)8-18(25)22-10-14-9-21-11-17(23-14)24-6-7-28-16(12-24)19(20)26/h2-5,9,11,16H,6-8,10,12H2,1H3,(H2,20,26)(H,22,25). The number of ether oxygens (including phenoxy) is 2. The monoisotopic (exact) mass is 385 g/mol. The summed E-state index contributed by atoms with van der Waals surface area (Å²) in [5.74, 6) is 0.649. The molecule has 1 aromatic heterocycles. The number of nitrogens with one attached hydrogen (secondary N) is 1. The third-order valence-corrected chi connectivity index (χ3v) is 4.39. The number of primary amides is 1. The zero-order chi connectivity index (χ0) is 19.9. The third kappa shape index (κ3) is 4.95. The molecule has 3 rings (SSSR count). The molecule has 2 aromatic rings. The lowest BCUT2D eigenvalue weighted by molar-refractivity contribution is -0.130. The number of carbonyl (C=O) groups is 2. The maximum absolute atomic E-state index is 12.3. The minimum Gasteiger partial charge on any atom is -0.496 e. The molecule has 1 saturated heterocycles. The fraction of sp³-hybridized carbons (Fsp3) is 0.368. The summed E-state index contributed by atoms with van der Waals surface area (Å²) in [5, 5.41) is 2.84. The van der Waals surface area contributed by atoms with Gasteiger partial charge in [0.05, 0.1) is 51.3 Å². The van der Waals surface area contributed by atoms with Crippen LogP contribution in [-0.4, -0.2) is 54.7 Å². The summed E-state index contributed by atoms with van der Waals surface area (Å²) in [5.41, 5.74) is 6.75. The second-order valence-corrected chi connectivity index (χ2v) is 6.34. The van der Waals surface area contributed by atoms with E-state index in [2.05, 4.69) is 15.3 Å². The van der Waals surface area contributed by atoms with Crippen LogP contribution in [0.3, 0.4) is 0 Å². The van der Waals surface area contributed by atoms with Gasteiger partial charge in [-0.3, -0.25) is 14.6 Å². The van der Waals surface area contributed by atoms with Gasteiger partial charge in [0.2, 0.25) is 11.8 Å². The largest absolute Gasteiger partial charge is 0.496 e. The average molecular weight is 385 g/mol. The van der Waals surface area contributed by atoms with E-state index >= 15 is 0 Å². The van der Waals surface area contributed by atoms with Crippen molar-refractivity contribution in [2.75, 3.05) is 31.7 Å². The van der Waals surface area contributed by atoms with Crippen LogP contribution >= 0.6 is 0 Å². The Morgan fingerprint density at radius 3 is 2.96 bits per heavy atom. The smallest absolute Gasteiger partial charge is 0.248 e. The van der Waals surface area contributed by atoms with E-state index < -0.39 is 12.0 Å². The molecule has 1 aliphatic heterocycles. The van der Waals surface area contributed by atoms with Gasteiger partial charge in [0, 0.05) is 12.1 Å². The highest BCUT2D eigenvalue weighted by Gasteiger charge is 2.25. The minimum atomic E-state index is -0.667. The van der Waals surface area contributed by atoms with Crippen molar-refractivity contribution in [2.45, 2.75) is 19.1 Å². The molecule has 3 N–H and O–H groups in total. The lowest BCUT2D eigenvalue weighted by atomic mass is 10.1. The Bertz CT molecular complexity index is 845. The second-order valence-electron chi connectivity index (χ2n) is 6.34. The summed E-state index contributed by atoms with van der Waals surface area (Å²) in [4.78, 5) is 34.2. The maximum atomic E-state index is 12.3. The van der Waals surface area contributed by atoms with Crippen molar-refractivity contribution >= 4 is 17.6 Å². The summed E-state index contributed by atoms with van der Waals surface area (Å²) in [7, 11) is 1.58. The van der Waals surface area contributed by atoms with E-state index in [4.69, 9.17) is 15.2 Å². The van der Waals surface area contributed by atoms with E-state index in [1.807, 2.05) is 29.2 Å². The van der Waals surface area contributed by atoms with Crippen molar-refractivity contribution in [1.82, 2.24) is 15.3 Å². The number of hydrogen-bond donors (Lipinski definition) is 2. The van der Waals surface area contributed by atoms with E-state index in [1.54, 1.807) is 19.5 Å². The Morgan fingerprint density at radius 2 is 2.18 bits per heavy atom. The van der Waals surface area contributed by atoms with Crippen LogP contribution in [0.2, 0.25) is 0 Å². The van der Waals surface area contributed by atoms with Crippen molar-refractivity contribution in [3.63, 3.8) is 0 Å². The van der Waals surface area contributed by atoms with Crippen LogP contribution in [0.4, 0.5) is 5.82 Å². The molecule has 0 radical (unpaired) electrons. The van der Waals surface area contributed by atoms with Gasteiger partial charge in [-0.1, -0.05) is 18.2 Å². The SMILES string of the molecule is COc1ccccc1CC(=O)NCc1cncc(N2CCOC(C(N)=O)C2)n1. The lowest BCUT2D eigenvalue weighted by Gasteiger charge is -2.32. The summed E-state index contributed by atoms with van der Waals surface area (Å²) in [6.45, 7) is 1.54. The first-order valence-electron chi connectivity index (χ1n) is 8.92. The number of rotatable bonds is 7. The number of methoxy groups -OCH3 is 1. The first-order valence-corrected chi connectivity index (χ1v) is 8.92. The van der Waals surface area contributed by atoms with Crippen LogP contribution in [0.1, 0.15) is 11.3 Å². The topological polar surface area (TPSA) is 120 Å². The van der Waals surface area contributed by atoms with Crippen molar-refractivity contribution < 1.29 is 19.1 Å². The van der Waals surface area contributed by atoms with Gasteiger partial charge in [-0.15, -0.1) is 0 Å². The van der Waals surface area contributed by atoms with E-state index in [0.717, 1.165) is 5.56 Å². The highest BCUT2D eigenvalue weighted by Crippen LogP contribution is 2.18. The molecule has 1 fully saturated rings. The maximum Gasteiger partial charge on any atom is 0.248 e. The second kappa shape index (κ2) is 9.14. The molecule has 0 bridgehead atoms. The Kier molecular flexibility index (Phi) is 6.38. The highest BCUT2D eigenvalue weighted by atomic mass is 16.5. The summed E-state index contributed by atoms with van der Waals surface area (Å²) >= 11 is 0. The number of anilines is 1. The van der Waals surface area contributed by atoms with Crippen LogP contribution in [0.5, 0.6) is 5.75 Å². The van der Waals surface area contributed by atoms with Gasteiger partial charge < -0.3 is 25.4 Å². The predicted octanol–water partition coefficient (Wildman–Crippen LogP) is 0.0346. The van der Waals surface area contributed by atoms with Crippen LogP contribution in [0.15, 0.2) is 36.7 Å². The van der Waals surface area contributed by atoms with Gasteiger partial charge in [0.15, 0.2) is 6.10 Å². The van der Waals surface area contributed by atoms with Gasteiger partial charge in [0.25, 0.3) is 0 Å². The highest BCUT2D eigenvalue weighted by molar-refractivity contribution is 5.80. The van der Waals surface area contributed by atoms with E-state index in [-0.39, 0.29) is 18.9 Å². The fourth-order valence-corrected chi connectivity index (χ4v) is 2.94. The molecule has 2 amide bonds. The Morgan fingerprint density at radius 1 is 1.36 bits per heavy atom. The van der Waals surface area contributed by atoms with Crippen molar-refractivity contribution in [3.05, 3.63) is 47.9 Å². The van der Waals surface area contributed by atoms with Crippen molar-refractivity contribution in [2.24, 2.45) is 5.73 Å². The van der Waals surface area contributed by atoms with Gasteiger partial charge in [0.1, 0.15) is 11.6 Å². The summed E-state index contributed by atoms with van der Waals surface area (Å²) < 4.78 is 10.6. The molecule has 9 nitrogen and oxygen atoms in total. The first-order chi connectivity index (χ1) is 13.6. The molecular weight excluding hydrogens is 362 g/mol. The molecule has 0 spiro atoms. The van der Waals surface area contributed by atoms with Crippen molar-refractivity contribution in [3.8, 4) is 5.75 Å². The zero-order valence-corrected chi connectivity index (χ0v) is 15.6. The number of nitrogens with zero attached hydrogens (tertiary/aromatic N) is 3. The summed E-state index contributed by atoms with van der Waals surface area (Å²) in [6.07, 6.45) is 2.75. The molecule has 1 atom stereocenters. The molecule has 1 aromatic carbocycles. The molecule has 1 aliphatic rings. The molecule has 0 saturated carbocycles. The van der Waals surface area contributed by atoms with Crippen LogP contribution in [-0.2, 0) is 27.3 Å². The number of benzene rings is 1. The Balaban J connectivity index is 1.58. The average Bonchev–Trinajstić information content (AvgIpc) is 2.73. The van der Waals surface area contributed by atoms with E-state index in [1.165, 1.54) is 0 Å². The van der Waals surface area contributed by atoms with Gasteiger partial charge in [-0.2, -0.15) is 0 Å². The normalized spacial score (nSPS) is 16.5. The molecular formula is C19H23N5O4. The van der Waals surface area contributed by atoms with Gasteiger partial charge in [-0.25, -0.2) is 4.98 Å². The number of nitrogens with two attached hydrogens (primary N) is 1. The van der Waals surface area contributed by atoms with E-state index in [9.17, 15) is 9.59 Å². The number of amides is 2. The molecule has 2 heterocycles. The number of para-hydroxylation sites is 1. The number of carbonyl (C=O) groups excluding carboxylic acids is 2. The molecule has 0 aliphatic carbocycles. The number of hydrogen-bond acceptors (Lipinski definition) is 7. The molecule has 148 valence electrons. The Hall–Kier alpha value is -3.20. The summed E-state index contributed by atoms with van der Waals surface area (Å²) in [6, 6.07) is 7.39. The van der Waals surface area contributed by atoms with Gasteiger partial charge in [-0.05, 0) is 6.07 Å². The van der Waals surface area contributed by atoms with E-state index in [0.29, 0.717) is 37.0 Å². The molecule has 9 heteroatoms. The van der Waals surface area contributed by atoms with Crippen molar-refractivity contribution in [1.29, 1.82) is 0 Å². The predicted molar refractivity (Wildman–Crippen MR) is 102 cm³/mol. The van der Waals surface area contributed by atoms with Crippen LogP contribution in [0, 0.1) is 0 Å². The first kappa shape index (κ1) is 19.6. The van der Waals surface area contributed by atoms with Crippen LogP contribution in [0.25, 0.3) is 0 Å². The van der Waals surface area contributed by atoms with Gasteiger partial charge >= 0.3 is 0 Å². The fourth-order valence-electron chi connectivity index (χ4n) is 2.94. The van der Waals surface area contributed by atoms with Crippen LogP contribution < -0.4 is 20.7 Å². The third-order valence-electron chi connectivity index (χ3n) is 4.39. The molecule has 28 heavy (non-hydrogen) atoms. The number of morpholine rings is 1. The Labute approximate surface area is 162 Å². The minimum absolute atomic E-state index is 0.142.